The first-order valence-electron chi connectivity index (χ1n) is 9.52. The quantitative estimate of drug-likeness (QED) is 0.411. The predicted octanol–water partition coefficient (Wildman–Crippen LogP) is 2.49. The van der Waals surface area contributed by atoms with E-state index >= 15 is 0 Å². The fourth-order valence-corrected chi connectivity index (χ4v) is 2.76. The lowest BCUT2D eigenvalue weighted by Gasteiger charge is -2.25. The molecule has 0 radical (unpaired) electrons. The van der Waals surface area contributed by atoms with Crippen LogP contribution < -0.4 is 16.1 Å². The fraction of sp³-hybridized carbons (Fsp3) is 0.318. The number of nitrogens with one attached hydrogen (secondary N) is 3. The van der Waals surface area contributed by atoms with Crippen LogP contribution in [0, 0.1) is 0 Å². The summed E-state index contributed by atoms with van der Waals surface area (Å²) >= 11 is 0. The zero-order valence-electron chi connectivity index (χ0n) is 17.2. The summed E-state index contributed by atoms with van der Waals surface area (Å²) in [5.41, 5.74) is 2.12. The van der Waals surface area contributed by atoms with Crippen molar-refractivity contribution in [1.29, 1.82) is 0 Å². The van der Waals surface area contributed by atoms with Gasteiger partial charge in [-0.25, -0.2) is 10.3 Å². The molecule has 2 aromatic rings. The van der Waals surface area contributed by atoms with Crippen LogP contribution in [0.5, 0.6) is 0 Å². The number of carbonyl (C=O) groups excluding carboxylic acids is 3. The molecule has 8 heteroatoms. The maximum absolute atomic E-state index is 13.0. The van der Waals surface area contributed by atoms with Crippen LogP contribution in [0.3, 0.4) is 0 Å². The number of hydroxylamine groups is 1. The molecule has 0 spiro atoms. The van der Waals surface area contributed by atoms with Gasteiger partial charge in [0.2, 0.25) is 5.91 Å². The third kappa shape index (κ3) is 7.21. The van der Waals surface area contributed by atoms with E-state index in [2.05, 4.69) is 10.6 Å². The number of hydrogen-bond donors (Lipinski definition) is 4. The van der Waals surface area contributed by atoms with Crippen LogP contribution in [0.4, 0.5) is 4.79 Å². The highest BCUT2D eigenvalue weighted by Gasteiger charge is 2.29. The molecule has 30 heavy (non-hydrogen) atoms. The van der Waals surface area contributed by atoms with Crippen LogP contribution in [0.15, 0.2) is 60.7 Å². The van der Waals surface area contributed by atoms with Gasteiger partial charge in [-0.05, 0) is 31.9 Å². The van der Waals surface area contributed by atoms with E-state index in [4.69, 9.17) is 9.94 Å². The highest BCUT2D eigenvalue weighted by molar-refractivity contribution is 5.91. The normalized spacial score (nSPS) is 12.9. The van der Waals surface area contributed by atoms with Crippen molar-refractivity contribution >= 4 is 17.9 Å². The minimum Gasteiger partial charge on any atom is -0.444 e. The summed E-state index contributed by atoms with van der Waals surface area (Å²) in [5.74, 6) is -1.40. The largest absolute Gasteiger partial charge is 0.444 e. The molecule has 3 amide bonds. The topological polar surface area (TPSA) is 117 Å². The van der Waals surface area contributed by atoms with Gasteiger partial charge < -0.3 is 15.4 Å². The molecule has 0 fully saturated rings. The average molecular weight is 413 g/mol. The van der Waals surface area contributed by atoms with E-state index in [1.807, 2.05) is 30.3 Å². The molecule has 0 unspecified atom stereocenters. The summed E-state index contributed by atoms with van der Waals surface area (Å²) in [5, 5.41) is 14.2. The van der Waals surface area contributed by atoms with Crippen molar-refractivity contribution in [1.82, 2.24) is 16.1 Å². The molecule has 2 rings (SSSR count). The minimum atomic E-state index is -1.14. The molecule has 0 saturated heterocycles. The highest BCUT2D eigenvalue weighted by Crippen LogP contribution is 2.14. The van der Waals surface area contributed by atoms with Gasteiger partial charge in [-0.15, -0.1) is 0 Å². The number of amides is 3. The van der Waals surface area contributed by atoms with E-state index < -0.39 is 35.6 Å². The molecule has 0 aromatic heterocycles. The van der Waals surface area contributed by atoms with Crippen LogP contribution >= 0.6 is 0 Å². The Labute approximate surface area is 175 Å². The van der Waals surface area contributed by atoms with E-state index in [1.54, 1.807) is 56.6 Å². The van der Waals surface area contributed by atoms with Crippen molar-refractivity contribution in [3.05, 3.63) is 71.8 Å². The summed E-state index contributed by atoms with van der Waals surface area (Å²) in [6, 6.07) is 15.5. The fourth-order valence-electron chi connectivity index (χ4n) is 2.76. The molecule has 0 bridgehead atoms. The molecule has 160 valence electrons. The summed E-state index contributed by atoms with van der Waals surface area (Å²) in [7, 11) is 0. The number of ether oxygens (including phenoxy) is 1. The van der Waals surface area contributed by atoms with Crippen LogP contribution in [0.2, 0.25) is 0 Å². The highest BCUT2D eigenvalue weighted by atomic mass is 16.6. The number of alkyl carbamates (subject to hydrolysis) is 1. The first kappa shape index (κ1) is 22.9. The number of carbonyl (C=O) groups is 3. The molecule has 2 atom stereocenters. The van der Waals surface area contributed by atoms with Crippen LogP contribution in [0.1, 0.15) is 37.9 Å². The zero-order chi connectivity index (χ0) is 22.1. The molecule has 0 saturated carbocycles. The van der Waals surface area contributed by atoms with E-state index in [9.17, 15) is 14.4 Å². The zero-order valence-corrected chi connectivity index (χ0v) is 17.2. The van der Waals surface area contributed by atoms with Crippen LogP contribution in [0.25, 0.3) is 0 Å². The molecular weight excluding hydrogens is 386 g/mol. The smallest absolute Gasteiger partial charge is 0.408 e. The summed E-state index contributed by atoms with van der Waals surface area (Å²) in [6.45, 7) is 5.15. The molecule has 0 aliphatic carbocycles. The maximum Gasteiger partial charge on any atom is 0.408 e. The lowest BCUT2D eigenvalue weighted by atomic mass is 10.0. The Hall–Kier alpha value is -3.39. The van der Waals surface area contributed by atoms with Crippen molar-refractivity contribution in [3.8, 4) is 0 Å². The molecule has 0 heterocycles. The molecule has 2 aromatic carbocycles. The summed E-state index contributed by atoms with van der Waals surface area (Å²) in [4.78, 5) is 37.4. The second kappa shape index (κ2) is 10.4. The second-order valence-corrected chi connectivity index (χ2v) is 7.72. The van der Waals surface area contributed by atoms with E-state index in [0.29, 0.717) is 5.56 Å². The molecule has 0 aliphatic heterocycles. The van der Waals surface area contributed by atoms with Gasteiger partial charge in [0, 0.05) is 6.42 Å². The van der Waals surface area contributed by atoms with E-state index in [0.717, 1.165) is 5.56 Å². The number of hydrogen-bond acceptors (Lipinski definition) is 5. The lowest BCUT2D eigenvalue weighted by Crippen LogP contribution is -2.51. The Morgan fingerprint density at radius 3 is 2.00 bits per heavy atom. The first-order chi connectivity index (χ1) is 14.2. The third-order valence-electron chi connectivity index (χ3n) is 4.08. The van der Waals surface area contributed by atoms with Crippen molar-refractivity contribution in [2.24, 2.45) is 0 Å². The monoisotopic (exact) mass is 413 g/mol. The summed E-state index contributed by atoms with van der Waals surface area (Å²) in [6.07, 6.45) is -0.560. The maximum atomic E-state index is 13.0. The van der Waals surface area contributed by atoms with Gasteiger partial charge in [0.05, 0.1) is 0 Å². The van der Waals surface area contributed by atoms with Gasteiger partial charge in [-0.1, -0.05) is 60.7 Å². The molecule has 8 nitrogen and oxygen atoms in total. The van der Waals surface area contributed by atoms with Crippen molar-refractivity contribution in [3.63, 3.8) is 0 Å². The van der Waals surface area contributed by atoms with Crippen molar-refractivity contribution in [2.75, 3.05) is 0 Å². The van der Waals surface area contributed by atoms with Gasteiger partial charge in [-0.3, -0.25) is 14.8 Å². The second-order valence-electron chi connectivity index (χ2n) is 7.72. The van der Waals surface area contributed by atoms with Crippen molar-refractivity contribution in [2.45, 2.75) is 44.9 Å². The number of rotatable bonds is 7. The van der Waals surface area contributed by atoms with Crippen LogP contribution in [-0.2, 0) is 20.7 Å². The first-order valence-corrected chi connectivity index (χ1v) is 9.52. The van der Waals surface area contributed by atoms with Gasteiger partial charge >= 0.3 is 6.09 Å². The van der Waals surface area contributed by atoms with Crippen molar-refractivity contribution < 1.29 is 24.3 Å². The molecule has 0 aliphatic rings. The Kier molecular flexibility index (Phi) is 7.94. The Morgan fingerprint density at radius 2 is 1.47 bits per heavy atom. The predicted molar refractivity (Wildman–Crippen MR) is 111 cm³/mol. The van der Waals surface area contributed by atoms with Gasteiger partial charge in [0.1, 0.15) is 17.7 Å². The van der Waals surface area contributed by atoms with Gasteiger partial charge in [0.15, 0.2) is 0 Å². The number of benzene rings is 2. The Morgan fingerprint density at radius 1 is 0.900 bits per heavy atom. The van der Waals surface area contributed by atoms with E-state index in [-0.39, 0.29) is 6.42 Å². The average Bonchev–Trinajstić information content (AvgIpc) is 2.71. The van der Waals surface area contributed by atoms with E-state index in [1.165, 1.54) is 0 Å². The summed E-state index contributed by atoms with van der Waals surface area (Å²) < 4.78 is 5.26. The molecular formula is C22H27N3O5. The standard InChI is InChI=1S/C22H27N3O5/c1-22(2,3)30-21(28)23-17(14-15-10-6-4-7-11-15)19(26)24-18(20(27)25-29)16-12-8-5-9-13-16/h4-13,17-18,29H,14H2,1-3H3,(H,23,28)(H,24,26)(H,25,27)/t17-,18-/m0/s1. The van der Waals surface area contributed by atoms with Gasteiger partial charge in [0.25, 0.3) is 5.91 Å². The van der Waals surface area contributed by atoms with Gasteiger partial charge in [-0.2, -0.15) is 0 Å². The Bertz CT molecular complexity index is 850. The third-order valence-corrected chi connectivity index (χ3v) is 4.08. The minimum absolute atomic E-state index is 0.189. The lowest BCUT2D eigenvalue weighted by molar-refractivity contribution is -0.135. The van der Waals surface area contributed by atoms with Crippen LogP contribution in [-0.4, -0.2) is 34.8 Å². The Balaban J connectivity index is 2.23. The molecule has 4 N–H and O–H groups in total. The SMILES string of the molecule is CC(C)(C)OC(=O)N[C@@H](Cc1ccccc1)C(=O)N[C@H](C(=O)NO)c1ccccc1.